The number of rotatable bonds is 5. The fourth-order valence-corrected chi connectivity index (χ4v) is 12.5. The van der Waals surface area contributed by atoms with Crippen molar-refractivity contribution in [1.29, 1.82) is 0 Å². The molecule has 0 radical (unpaired) electrons. The highest BCUT2D eigenvalue weighted by molar-refractivity contribution is 5.89. The summed E-state index contributed by atoms with van der Waals surface area (Å²) in [5.74, 6) is 1.51. The van der Waals surface area contributed by atoms with Gasteiger partial charge in [-0.15, -0.1) is 0 Å². The molecule has 0 saturated heterocycles. The average molecular weight is 565 g/mol. The summed E-state index contributed by atoms with van der Waals surface area (Å²) in [6, 6.07) is 3.20. The SMILES string of the molecule is COC1CCC2(C)C(CCC3(C)C2CCC2C4CCCC4(C(=O)NCc4ncccc4C(=O)O)CC[C@]23C)C1(C)C. The lowest BCUT2D eigenvalue weighted by atomic mass is 9.32. The van der Waals surface area contributed by atoms with Gasteiger partial charge in [0, 0.05) is 13.3 Å². The molecule has 0 aliphatic heterocycles. The van der Waals surface area contributed by atoms with Gasteiger partial charge in [-0.2, -0.15) is 0 Å². The van der Waals surface area contributed by atoms with Crippen LogP contribution in [0.3, 0.4) is 0 Å². The minimum atomic E-state index is -1.000. The van der Waals surface area contributed by atoms with Crippen LogP contribution in [0.25, 0.3) is 0 Å². The molecule has 226 valence electrons. The van der Waals surface area contributed by atoms with E-state index in [9.17, 15) is 14.7 Å². The van der Waals surface area contributed by atoms with Crippen molar-refractivity contribution in [2.75, 3.05) is 7.11 Å². The second-order valence-corrected chi connectivity index (χ2v) is 15.9. The van der Waals surface area contributed by atoms with E-state index in [0.717, 1.165) is 38.5 Å². The summed E-state index contributed by atoms with van der Waals surface area (Å²) in [5.41, 5.74) is 1.33. The Hall–Kier alpha value is -1.95. The second-order valence-electron chi connectivity index (χ2n) is 15.9. The molecule has 1 heterocycles. The van der Waals surface area contributed by atoms with Gasteiger partial charge in [0.05, 0.1) is 29.3 Å². The van der Waals surface area contributed by atoms with Crippen LogP contribution in [0.15, 0.2) is 18.3 Å². The number of carbonyl (C=O) groups excluding carboxylic acids is 1. The second kappa shape index (κ2) is 9.79. The highest BCUT2D eigenvalue weighted by Crippen LogP contribution is 2.76. The summed E-state index contributed by atoms with van der Waals surface area (Å²) in [7, 11) is 1.90. The normalized spacial score (nSPS) is 44.6. The molecule has 6 heteroatoms. The Labute approximate surface area is 246 Å². The number of amides is 1. The smallest absolute Gasteiger partial charge is 0.337 e. The van der Waals surface area contributed by atoms with E-state index >= 15 is 0 Å². The maximum Gasteiger partial charge on any atom is 0.337 e. The lowest BCUT2D eigenvalue weighted by molar-refractivity contribution is -0.246. The first-order valence-corrected chi connectivity index (χ1v) is 16.3. The predicted molar refractivity (Wildman–Crippen MR) is 159 cm³/mol. The number of carbonyl (C=O) groups is 2. The van der Waals surface area contributed by atoms with E-state index < -0.39 is 5.97 Å². The largest absolute Gasteiger partial charge is 0.478 e. The van der Waals surface area contributed by atoms with E-state index in [0.29, 0.717) is 40.9 Å². The summed E-state index contributed by atoms with van der Waals surface area (Å²) in [5, 5.41) is 12.8. The molecular weight excluding hydrogens is 512 g/mol. The first-order valence-electron chi connectivity index (χ1n) is 16.3. The fraction of sp³-hybridized carbons (Fsp3) is 0.800. The van der Waals surface area contributed by atoms with Gasteiger partial charge in [-0.1, -0.05) is 41.0 Å². The van der Waals surface area contributed by atoms with Crippen molar-refractivity contribution in [1.82, 2.24) is 10.3 Å². The Morgan fingerprint density at radius 1 is 0.927 bits per heavy atom. The van der Waals surface area contributed by atoms with Gasteiger partial charge in [0.15, 0.2) is 0 Å². The maximum absolute atomic E-state index is 14.1. The van der Waals surface area contributed by atoms with Gasteiger partial charge in [-0.25, -0.2) is 4.79 Å². The van der Waals surface area contributed by atoms with E-state index in [4.69, 9.17) is 4.74 Å². The minimum absolute atomic E-state index is 0.131. The molecule has 1 aromatic heterocycles. The molecule has 6 rings (SSSR count). The van der Waals surface area contributed by atoms with E-state index in [1.807, 2.05) is 7.11 Å². The van der Waals surface area contributed by atoms with E-state index in [2.05, 4.69) is 44.9 Å². The molecule has 0 spiro atoms. The number of nitrogens with one attached hydrogen (secondary N) is 1. The van der Waals surface area contributed by atoms with Crippen molar-refractivity contribution in [3.8, 4) is 0 Å². The Balaban J connectivity index is 1.26. The Bertz CT molecular complexity index is 1210. The Morgan fingerprint density at radius 2 is 1.71 bits per heavy atom. The number of carboxylic acids is 1. The lowest BCUT2D eigenvalue weighted by Gasteiger charge is -2.72. The van der Waals surface area contributed by atoms with Gasteiger partial charge >= 0.3 is 5.97 Å². The molecule has 5 aliphatic carbocycles. The number of pyridine rings is 1. The van der Waals surface area contributed by atoms with Crippen molar-refractivity contribution in [3.63, 3.8) is 0 Å². The molecule has 1 amide bonds. The summed E-state index contributed by atoms with van der Waals surface area (Å²) in [4.78, 5) is 30.1. The minimum Gasteiger partial charge on any atom is -0.478 e. The number of methoxy groups -OCH3 is 1. The number of ether oxygens (including phenoxy) is 1. The molecule has 1 aromatic rings. The van der Waals surface area contributed by atoms with Crippen LogP contribution in [0.2, 0.25) is 0 Å². The Kier molecular flexibility index (Phi) is 6.96. The topological polar surface area (TPSA) is 88.5 Å². The molecule has 9 atom stereocenters. The number of carboxylic acid groups (broad SMARTS) is 1. The van der Waals surface area contributed by atoms with Crippen LogP contribution in [-0.4, -0.2) is 35.2 Å². The standard InChI is InChI=1S/C35H52N2O4/c1-31(2)26-13-17-34(5)27(32(26,3)16-14-28(31)41-6)12-11-23-24-10-7-15-35(24,19-18-33(23,34)4)30(40)37-21-25-22(29(38)39)9-8-20-36-25/h8-9,20,23-24,26-28H,7,10-19,21H2,1-6H3,(H,37,40)(H,38,39)/t23?,24?,26?,27?,28?,32?,33-,34?,35?/m1/s1. The van der Waals surface area contributed by atoms with Crippen LogP contribution >= 0.6 is 0 Å². The van der Waals surface area contributed by atoms with Gasteiger partial charge < -0.3 is 15.2 Å². The summed E-state index contributed by atoms with van der Waals surface area (Å²) in [6.45, 7) is 13.0. The third-order valence-electron chi connectivity index (χ3n) is 14.6. The van der Waals surface area contributed by atoms with Crippen LogP contribution in [0.1, 0.15) is 121 Å². The van der Waals surface area contributed by atoms with Crippen molar-refractivity contribution < 1.29 is 19.4 Å². The number of aromatic carboxylic acids is 1. The molecule has 6 nitrogen and oxygen atoms in total. The fourth-order valence-electron chi connectivity index (χ4n) is 12.5. The van der Waals surface area contributed by atoms with Gasteiger partial charge in [-0.05, 0) is 122 Å². The van der Waals surface area contributed by atoms with Gasteiger partial charge in [0.1, 0.15) is 0 Å². The van der Waals surface area contributed by atoms with Crippen LogP contribution < -0.4 is 5.32 Å². The summed E-state index contributed by atoms with van der Waals surface area (Å²) < 4.78 is 6.04. The van der Waals surface area contributed by atoms with Crippen LogP contribution in [0, 0.1) is 50.7 Å². The third kappa shape index (κ3) is 3.94. The number of hydrogen-bond acceptors (Lipinski definition) is 4. The molecule has 5 aliphatic rings. The van der Waals surface area contributed by atoms with E-state index in [-0.39, 0.29) is 39.7 Å². The van der Waals surface area contributed by atoms with Crippen LogP contribution in [-0.2, 0) is 16.1 Å². The zero-order chi connectivity index (χ0) is 29.4. The molecule has 8 unspecified atom stereocenters. The highest BCUT2D eigenvalue weighted by atomic mass is 16.5. The molecule has 41 heavy (non-hydrogen) atoms. The molecule has 5 saturated carbocycles. The number of nitrogens with zero attached hydrogens (tertiary/aromatic N) is 1. The van der Waals surface area contributed by atoms with Gasteiger partial charge in [0.25, 0.3) is 0 Å². The van der Waals surface area contributed by atoms with E-state index in [1.165, 1.54) is 32.1 Å². The van der Waals surface area contributed by atoms with Gasteiger partial charge in [-0.3, -0.25) is 9.78 Å². The van der Waals surface area contributed by atoms with Crippen LogP contribution in [0.4, 0.5) is 0 Å². The quantitative estimate of drug-likeness (QED) is 0.393. The number of hydrogen-bond donors (Lipinski definition) is 2. The maximum atomic E-state index is 14.1. The summed E-state index contributed by atoms with van der Waals surface area (Å²) >= 11 is 0. The first-order chi connectivity index (χ1) is 19.3. The predicted octanol–water partition coefficient (Wildman–Crippen LogP) is 7.27. The van der Waals surface area contributed by atoms with Crippen molar-refractivity contribution >= 4 is 11.9 Å². The van der Waals surface area contributed by atoms with Crippen LogP contribution in [0.5, 0.6) is 0 Å². The average Bonchev–Trinajstić information content (AvgIpc) is 3.37. The van der Waals surface area contributed by atoms with Gasteiger partial charge in [0.2, 0.25) is 5.91 Å². The Morgan fingerprint density at radius 3 is 2.44 bits per heavy atom. The molecule has 0 bridgehead atoms. The number of fused-ring (bicyclic) bond motifs is 7. The van der Waals surface area contributed by atoms with Crippen molar-refractivity contribution in [2.45, 2.75) is 118 Å². The number of aromatic nitrogens is 1. The van der Waals surface area contributed by atoms with Crippen molar-refractivity contribution in [2.24, 2.45) is 50.7 Å². The lowest BCUT2D eigenvalue weighted by Crippen LogP contribution is -2.67. The zero-order valence-corrected chi connectivity index (χ0v) is 26.2. The molecule has 5 fully saturated rings. The molecule has 2 N–H and O–H groups in total. The van der Waals surface area contributed by atoms with Crippen molar-refractivity contribution in [3.05, 3.63) is 29.6 Å². The molecular formula is C35H52N2O4. The molecule has 0 aromatic carbocycles. The van der Waals surface area contributed by atoms with E-state index in [1.54, 1.807) is 18.3 Å². The third-order valence-corrected chi connectivity index (χ3v) is 14.6. The monoisotopic (exact) mass is 564 g/mol. The highest BCUT2D eigenvalue weighted by Gasteiger charge is 2.70. The summed E-state index contributed by atoms with van der Waals surface area (Å²) in [6.07, 6.45) is 14.7. The first kappa shape index (κ1) is 29.1. The zero-order valence-electron chi connectivity index (χ0n) is 26.2.